The van der Waals surface area contributed by atoms with Crippen LogP contribution in [-0.2, 0) is 0 Å². The summed E-state index contributed by atoms with van der Waals surface area (Å²) < 4.78 is 5.38. The van der Waals surface area contributed by atoms with E-state index in [9.17, 15) is 0 Å². The molecule has 0 bridgehead atoms. The van der Waals surface area contributed by atoms with Crippen LogP contribution in [0.2, 0.25) is 0 Å². The molecule has 1 fully saturated rings. The van der Waals surface area contributed by atoms with Gasteiger partial charge in [0.05, 0.1) is 13.3 Å². The highest BCUT2D eigenvalue weighted by atomic mass is 16.5. The first-order valence-electron chi connectivity index (χ1n) is 10.4. The Morgan fingerprint density at radius 3 is 2.81 bits per heavy atom. The quantitative estimate of drug-likeness (QED) is 0.481. The third-order valence-corrected chi connectivity index (χ3v) is 5.67. The van der Waals surface area contributed by atoms with Crippen LogP contribution in [0.3, 0.4) is 0 Å². The van der Waals surface area contributed by atoms with E-state index in [-0.39, 0.29) is 0 Å². The molecule has 1 aliphatic heterocycles. The van der Waals surface area contributed by atoms with Gasteiger partial charge in [-0.1, -0.05) is 24.3 Å². The van der Waals surface area contributed by atoms with Crippen molar-refractivity contribution < 1.29 is 4.74 Å². The number of anilines is 3. The lowest BCUT2D eigenvalue weighted by Gasteiger charge is -2.17. The molecule has 0 radical (unpaired) electrons. The van der Waals surface area contributed by atoms with Crippen LogP contribution in [0, 0.1) is 0 Å². The highest BCUT2D eigenvalue weighted by Crippen LogP contribution is 2.31. The lowest BCUT2D eigenvalue weighted by molar-refractivity contribution is 0.414. The fraction of sp³-hybridized carbons (Fsp3) is 0.208. The van der Waals surface area contributed by atoms with Gasteiger partial charge in [-0.15, -0.1) is 0 Å². The number of aromatic amines is 1. The van der Waals surface area contributed by atoms with Crippen molar-refractivity contribution >= 4 is 17.5 Å². The van der Waals surface area contributed by atoms with Gasteiger partial charge >= 0.3 is 0 Å². The standard InChI is InChI=1S/C24H24N6O/c1-31-22-4-2-3-18(13-22)19-10-12-30(16-19)24-25-11-9-23(29-24)28-21-7-5-17(6-8-21)20-14-26-27-15-20/h2-9,11,13-15,19H,10,12,16H2,1H3,(H,26,27)(H,25,28,29). The minimum Gasteiger partial charge on any atom is -0.497 e. The number of hydrogen-bond donors (Lipinski definition) is 2. The van der Waals surface area contributed by atoms with E-state index < -0.39 is 0 Å². The maximum atomic E-state index is 5.38. The Morgan fingerprint density at radius 1 is 1.10 bits per heavy atom. The van der Waals surface area contributed by atoms with E-state index in [1.807, 2.05) is 42.9 Å². The number of methoxy groups -OCH3 is 1. The van der Waals surface area contributed by atoms with Gasteiger partial charge in [0.1, 0.15) is 11.6 Å². The van der Waals surface area contributed by atoms with Crippen molar-refractivity contribution in [3.63, 3.8) is 0 Å². The smallest absolute Gasteiger partial charge is 0.227 e. The Hall–Kier alpha value is -3.87. The zero-order valence-electron chi connectivity index (χ0n) is 17.3. The summed E-state index contributed by atoms with van der Waals surface area (Å²) in [5.41, 5.74) is 4.46. The van der Waals surface area contributed by atoms with Gasteiger partial charge in [0.15, 0.2) is 0 Å². The van der Waals surface area contributed by atoms with Crippen molar-refractivity contribution in [1.29, 1.82) is 0 Å². The van der Waals surface area contributed by atoms with E-state index in [1.165, 1.54) is 5.56 Å². The molecule has 7 heteroatoms. The van der Waals surface area contributed by atoms with Crippen molar-refractivity contribution in [2.75, 3.05) is 30.4 Å². The molecule has 5 rings (SSSR count). The molecule has 2 aromatic heterocycles. The SMILES string of the molecule is COc1cccc(C2CCN(c3nccc(Nc4ccc(-c5cn[nH]c5)cc4)n3)C2)c1. The number of H-pyrrole nitrogens is 1. The van der Waals surface area contributed by atoms with Crippen LogP contribution >= 0.6 is 0 Å². The van der Waals surface area contributed by atoms with Gasteiger partial charge in [0.2, 0.25) is 5.95 Å². The van der Waals surface area contributed by atoms with Crippen LogP contribution in [0.25, 0.3) is 11.1 Å². The van der Waals surface area contributed by atoms with Gasteiger partial charge in [0, 0.05) is 42.7 Å². The maximum absolute atomic E-state index is 5.38. The summed E-state index contributed by atoms with van der Waals surface area (Å²) in [6.07, 6.45) is 6.58. The van der Waals surface area contributed by atoms with Crippen molar-refractivity contribution in [1.82, 2.24) is 20.2 Å². The van der Waals surface area contributed by atoms with Crippen LogP contribution in [0.5, 0.6) is 5.75 Å². The predicted molar refractivity (Wildman–Crippen MR) is 122 cm³/mol. The van der Waals surface area contributed by atoms with Gasteiger partial charge in [-0.25, -0.2) is 4.98 Å². The molecule has 0 aliphatic carbocycles. The lowest BCUT2D eigenvalue weighted by Crippen LogP contribution is -2.21. The normalized spacial score (nSPS) is 15.8. The van der Waals surface area contributed by atoms with Crippen molar-refractivity contribution in [3.8, 4) is 16.9 Å². The fourth-order valence-corrected chi connectivity index (χ4v) is 3.98. The van der Waals surface area contributed by atoms with Gasteiger partial charge in [-0.3, -0.25) is 5.10 Å². The summed E-state index contributed by atoms with van der Waals surface area (Å²) in [4.78, 5) is 11.5. The average Bonchev–Trinajstić information content (AvgIpc) is 3.53. The molecule has 156 valence electrons. The highest BCUT2D eigenvalue weighted by molar-refractivity contribution is 5.66. The molecule has 1 aliphatic rings. The van der Waals surface area contributed by atoms with Crippen LogP contribution in [0.1, 0.15) is 17.9 Å². The number of rotatable bonds is 6. The van der Waals surface area contributed by atoms with Crippen LogP contribution in [-0.4, -0.2) is 40.4 Å². The van der Waals surface area contributed by atoms with Gasteiger partial charge in [-0.05, 0) is 47.9 Å². The molecule has 0 spiro atoms. The largest absolute Gasteiger partial charge is 0.497 e. The first-order valence-corrected chi connectivity index (χ1v) is 10.4. The van der Waals surface area contributed by atoms with Crippen LogP contribution in [0.15, 0.2) is 73.2 Å². The van der Waals surface area contributed by atoms with Crippen molar-refractivity contribution in [3.05, 3.63) is 78.8 Å². The van der Waals surface area contributed by atoms with E-state index in [2.05, 4.69) is 55.7 Å². The molecule has 1 saturated heterocycles. The van der Waals surface area contributed by atoms with E-state index in [0.29, 0.717) is 5.92 Å². The highest BCUT2D eigenvalue weighted by Gasteiger charge is 2.26. The number of ether oxygens (including phenoxy) is 1. The van der Waals surface area contributed by atoms with E-state index in [4.69, 9.17) is 9.72 Å². The maximum Gasteiger partial charge on any atom is 0.227 e. The number of nitrogens with zero attached hydrogens (tertiary/aromatic N) is 4. The summed E-state index contributed by atoms with van der Waals surface area (Å²) in [6, 6.07) is 18.4. The van der Waals surface area contributed by atoms with Crippen molar-refractivity contribution in [2.24, 2.45) is 0 Å². The summed E-state index contributed by atoms with van der Waals surface area (Å²) in [6.45, 7) is 1.83. The van der Waals surface area contributed by atoms with Crippen LogP contribution < -0.4 is 15.0 Å². The molecule has 0 saturated carbocycles. The molecular formula is C24H24N6O. The van der Waals surface area contributed by atoms with E-state index in [0.717, 1.165) is 53.8 Å². The molecule has 7 nitrogen and oxygen atoms in total. The van der Waals surface area contributed by atoms with Gasteiger partial charge in [-0.2, -0.15) is 10.1 Å². The summed E-state index contributed by atoms with van der Waals surface area (Å²) >= 11 is 0. The Balaban J connectivity index is 1.27. The predicted octanol–water partition coefficient (Wildman–Crippen LogP) is 4.61. The monoisotopic (exact) mass is 412 g/mol. The average molecular weight is 412 g/mol. The van der Waals surface area contributed by atoms with Crippen molar-refractivity contribution in [2.45, 2.75) is 12.3 Å². The minimum absolute atomic E-state index is 0.450. The zero-order valence-corrected chi connectivity index (χ0v) is 17.3. The first kappa shape index (κ1) is 19.1. The third-order valence-electron chi connectivity index (χ3n) is 5.67. The van der Waals surface area contributed by atoms with Gasteiger partial charge < -0.3 is 15.0 Å². The molecule has 4 aromatic rings. The number of benzene rings is 2. The Morgan fingerprint density at radius 2 is 2.00 bits per heavy atom. The number of hydrogen-bond acceptors (Lipinski definition) is 6. The Bertz CT molecular complexity index is 1140. The van der Waals surface area contributed by atoms with E-state index >= 15 is 0 Å². The summed E-state index contributed by atoms with van der Waals surface area (Å²) in [7, 11) is 1.71. The second-order valence-corrected chi connectivity index (χ2v) is 7.64. The summed E-state index contributed by atoms with van der Waals surface area (Å²) in [5, 5.41) is 10.2. The molecule has 31 heavy (non-hydrogen) atoms. The Labute approximate surface area is 181 Å². The second-order valence-electron chi connectivity index (χ2n) is 7.64. The fourth-order valence-electron chi connectivity index (χ4n) is 3.98. The second kappa shape index (κ2) is 8.47. The lowest BCUT2D eigenvalue weighted by atomic mass is 9.98. The molecule has 2 aromatic carbocycles. The molecule has 1 unspecified atom stereocenters. The third kappa shape index (κ3) is 4.21. The van der Waals surface area contributed by atoms with Crippen LogP contribution in [0.4, 0.5) is 17.5 Å². The molecule has 0 amide bonds. The Kier molecular flexibility index (Phi) is 5.22. The topological polar surface area (TPSA) is 79.0 Å². The minimum atomic E-state index is 0.450. The number of nitrogens with one attached hydrogen (secondary N) is 2. The number of aromatic nitrogens is 4. The first-order chi connectivity index (χ1) is 15.3. The van der Waals surface area contributed by atoms with E-state index in [1.54, 1.807) is 7.11 Å². The summed E-state index contributed by atoms with van der Waals surface area (Å²) in [5.74, 6) is 2.89. The van der Waals surface area contributed by atoms with Gasteiger partial charge in [0.25, 0.3) is 0 Å². The molecule has 1 atom stereocenters. The zero-order chi connectivity index (χ0) is 21.0. The molecule has 3 heterocycles. The molecular weight excluding hydrogens is 388 g/mol. The molecule has 2 N–H and O–H groups in total.